The van der Waals surface area contributed by atoms with Crippen LogP contribution >= 0.6 is 25.0 Å². The Morgan fingerprint density at radius 1 is 1.74 bits per heavy atom. The predicted octanol–water partition coefficient (Wildman–Crippen LogP) is 0.548. The van der Waals surface area contributed by atoms with Crippen LogP contribution in [-0.4, -0.2) is 46.2 Å². The third-order valence-electron chi connectivity index (χ3n) is 2.74. The average molecular weight is 305 g/mol. The van der Waals surface area contributed by atoms with E-state index in [2.05, 4.69) is 32.8 Å². The number of carbonyl (C=O) groups excluding carboxylic acids is 1. The number of halogens is 1. The summed E-state index contributed by atoms with van der Waals surface area (Å²) < 4.78 is 6.03. The van der Waals surface area contributed by atoms with Crippen LogP contribution in [0.4, 0.5) is 0 Å². The second-order valence-electron chi connectivity index (χ2n) is 4.08. The smallest absolute Gasteiger partial charge is 0.327 e. The monoisotopic (exact) mass is 304 g/mol. The summed E-state index contributed by atoms with van der Waals surface area (Å²) in [5.74, 6) is 0.252. The topological polar surface area (TPSA) is 69.0 Å². The number of hydrogen-bond donors (Lipinski definition) is 2. The molecule has 1 atom stereocenters. The number of piperidine rings is 1. The molecular weight excluding hydrogens is 288 g/mol. The Morgan fingerprint density at radius 2 is 2.53 bits per heavy atom. The van der Waals surface area contributed by atoms with Crippen LogP contribution in [0.1, 0.15) is 12.2 Å². The van der Waals surface area contributed by atoms with Gasteiger partial charge in [0.2, 0.25) is 0 Å². The molecule has 1 N–H and O–H groups in total. The molecule has 0 spiro atoms. The van der Waals surface area contributed by atoms with E-state index in [4.69, 9.17) is 0 Å². The van der Waals surface area contributed by atoms with Crippen molar-refractivity contribution in [3.05, 3.63) is 17.7 Å². The maximum atomic E-state index is 11.1. The number of thiol groups is 1. The minimum atomic E-state index is -0.342. The lowest BCUT2D eigenvalue weighted by Crippen LogP contribution is -2.30. The fourth-order valence-electron chi connectivity index (χ4n) is 1.74. The lowest BCUT2D eigenvalue weighted by Gasteiger charge is -2.21. The van der Waals surface area contributed by atoms with Crippen molar-refractivity contribution in [2.24, 2.45) is 0 Å². The minimum Gasteiger partial charge on any atom is -0.468 e. The number of carbonyl (C=O) groups is 1. The van der Waals surface area contributed by atoms with Gasteiger partial charge in [-0.1, -0.05) is 0 Å². The van der Waals surface area contributed by atoms with Crippen molar-refractivity contribution >= 4 is 37.1 Å². The van der Waals surface area contributed by atoms with Crippen molar-refractivity contribution in [3.63, 3.8) is 0 Å². The number of rotatable bonds is 3. The van der Waals surface area contributed by atoms with E-state index < -0.39 is 0 Å². The molecular formula is C11H17ClN4O2S. The quantitative estimate of drug-likeness (QED) is 0.630. The van der Waals surface area contributed by atoms with E-state index in [0.717, 1.165) is 19.5 Å². The molecule has 2 heterocycles. The van der Waals surface area contributed by atoms with E-state index in [1.54, 1.807) is 0 Å². The van der Waals surface area contributed by atoms with E-state index in [1.165, 1.54) is 23.7 Å². The Bertz CT molecular complexity index is 463. The van der Waals surface area contributed by atoms with Gasteiger partial charge in [0.05, 0.1) is 7.11 Å². The van der Waals surface area contributed by atoms with Crippen molar-refractivity contribution in [2.45, 2.75) is 18.2 Å². The number of nitrogens with zero attached hydrogens (tertiary/aromatic N) is 3. The molecule has 2 rings (SSSR count). The highest BCUT2D eigenvalue weighted by molar-refractivity contribution is 7.81. The van der Waals surface area contributed by atoms with Crippen molar-refractivity contribution in [2.75, 3.05) is 20.2 Å². The minimum absolute atomic E-state index is 0. The first-order chi connectivity index (χ1) is 8.69. The normalized spacial score (nSPS) is 20.9. The van der Waals surface area contributed by atoms with Crippen LogP contribution in [0.3, 0.4) is 0 Å². The lowest BCUT2D eigenvalue weighted by atomic mass is 10.1. The Morgan fingerprint density at radius 3 is 3.21 bits per heavy atom. The molecule has 19 heavy (non-hydrogen) atoms. The molecule has 1 fully saturated rings. The number of hydrogen-bond acceptors (Lipinski definition) is 6. The van der Waals surface area contributed by atoms with E-state index in [0.29, 0.717) is 5.82 Å². The largest absolute Gasteiger partial charge is 0.468 e. The van der Waals surface area contributed by atoms with Gasteiger partial charge in [-0.3, -0.25) is 4.79 Å². The molecule has 106 valence electrons. The zero-order chi connectivity index (χ0) is 13.0. The van der Waals surface area contributed by atoms with Crippen LogP contribution in [0.15, 0.2) is 11.9 Å². The zero-order valence-corrected chi connectivity index (χ0v) is 12.3. The molecule has 1 aromatic heterocycles. The predicted molar refractivity (Wildman–Crippen MR) is 77.5 cm³/mol. The van der Waals surface area contributed by atoms with Crippen molar-refractivity contribution in [3.8, 4) is 0 Å². The molecule has 1 aromatic rings. The molecule has 1 aliphatic rings. The molecule has 0 aliphatic carbocycles. The lowest BCUT2D eigenvalue weighted by molar-refractivity contribution is -0.141. The van der Waals surface area contributed by atoms with Gasteiger partial charge in [0.1, 0.15) is 12.9 Å². The average Bonchev–Trinajstić information content (AvgIpc) is 2.79. The first-order valence-corrected chi connectivity index (χ1v) is 6.26. The molecule has 0 saturated carbocycles. The standard InChI is InChI=1S/C11H16N4O2S.ClH/c1-17-11(16)6-15-7-13-10(14-15)4-8-5-12-3-2-9(8)18;/h4,7,9,12,18H,2-3,5-6H2,1H3;1H. The molecule has 1 unspecified atom stereocenters. The second-order valence-corrected chi connectivity index (χ2v) is 4.70. The van der Waals surface area contributed by atoms with Gasteiger partial charge < -0.3 is 10.1 Å². The maximum absolute atomic E-state index is 11.1. The SMILES string of the molecule is COC(=O)Cn1cnc(C=C2CNCCC2S)n1.Cl. The summed E-state index contributed by atoms with van der Waals surface area (Å²) in [6.45, 7) is 1.87. The summed E-state index contributed by atoms with van der Waals surface area (Å²) in [5.41, 5.74) is 1.17. The van der Waals surface area contributed by atoms with Crippen LogP contribution in [0.25, 0.3) is 6.08 Å². The highest BCUT2D eigenvalue weighted by Gasteiger charge is 2.15. The second kappa shape index (κ2) is 7.52. The first kappa shape index (κ1) is 16.0. The fraction of sp³-hybridized carbons (Fsp3) is 0.545. The van der Waals surface area contributed by atoms with Crippen LogP contribution in [0.2, 0.25) is 0 Å². The Hall–Kier alpha value is -1.05. The summed E-state index contributed by atoms with van der Waals surface area (Å²) >= 11 is 4.52. The fourth-order valence-corrected chi connectivity index (χ4v) is 2.03. The van der Waals surface area contributed by atoms with Gasteiger partial charge in [-0.05, 0) is 24.6 Å². The summed E-state index contributed by atoms with van der Waals surface area (Å²) in [6.07, 6.45) is 4.43. The van der Waals surface area contributed by atoms with Crippen molar-refractivity contribution in [1.29, 1.82) is 0 Å². The van der Waals surface area contributed by atoms with Gasteiger partial charge in [-0.15, -0.1) is 12.4 Å². The molecule has 1 aliphatic heterocycles. The summed E-state index contributed by atoms with van der Waals surface area (Å²) in [6, 6.07) is 0. The molecule has 0 amide bonds. The number of ether oxygens (including phenoxy) is 1. The van der Waals surface area contributed by atoms with Gasteiger partial charge in [-0.25, -0.2) is 9.67 Å². The Kier molecular flexibility index (Phi) is 6.33. The third-order valence-corrected chi connectivity index (χ3v) is 3.33. The van der Waals surface area contributed by atoms with Crippen LogP contribution in [0, 0.1) is 0 Å². The maximum Gasteiger partial charge on any atom is 0.327 e. The number of nitrogens with one attached hydrogen (secondary N) is 1. The first-order valence-electron chi connectivity index (χ1n) is 5.74. The molecule has 6 nitrogen and oxygen atoms in total. The van der Waals surface area contributed by atoms with Crippen LogP contribution in [-0.2, 0) is 16.1 Å². The molecule has 0 radical (unpaired) electrons. The Balaban J connectivity index is 0.00000180. The summed E-state index contributed by atoms with van der Waals surface area (Å²) in [4.78, 5) is 15.2. The van der Waals surface area contributed by atoms with E-state index in [1.807, 2.05) is 6.08 Å². The van der Waals surface area contributed by atoms with Gasteiger partial charge in [0, 0.05) is 11.8 Å². The van der Waals surface area contributed by atoms with Crippen LogP contribution < -0.4 is 5.32 Å². The highest BCUT2D eigenvalue weighted by Crippen LogP contribution is 2.17. The van der Waals surface area contributed by atoms with E-state index in [9.17, 15) is 4.79 Å². The van der Waals surface area contributed by atoms with E-state index in [-0.39, 0.29) is 30.2 Å². The van der Waals surface area contributed by atoms with Gasteiger partial charge in [0.15, 0.2) is 5.82 Å². The number of methoxy groups -OCH3 is 1. The van der Waals surface area contributed by atoms with Crippen LogP contribution in [0.5, 0.6) is 0 Å². The number of aromatic nitrogens is 3. The highest BCUT2D eigenvalue weighted by atomic mass is 35.5. The van der Waals surface area contributed by atoms with Crippen molar-refractivity contribution < 1.29 is 9.53 Å². The van der Waals surface area contributed by atoms with Gasteiger partial charge in [-0.2, -0.15) is 17.7 Å². The van der Waals surface area contributed by atoms with Gasteiger partial charge >= 0.3 is 5.97 Å². The van der Waals surface area contributed by atoms with E-state index >= 15 is 0 Å². The summed E-state index contributed by atoms with van der Waals surface area (Å²) in [7, 11) is 1.35. The zero-order valence-electron chi connectivity index (χ0n) is 10.6. The molecule has 0 bridgehead atoms. The van der Waals surface area contributed by atoms with Crippen molar-refractivity contribution in [1.82, 2.24) is 20.1 Å². The Labute approximate surface area is 123 Å². The molecule has 0 aromatic carbocycles. The summed E-state index contributed by atoms with van der Waals surface area (Å²) in [5, 5.41) is 7.72. The van der Waals surface area contributed by atoms with Gasteiger partial charge in [0.25, 0.3) is 0 Å². The molecule has 8 heteroatoms. The molecule has 1 saturated heterocycles. The third kappa shape index (κ3) is 4.52. The number of esters is 1.